The standard InChI is InChI=1S/C28H34N2O3/c1-3-29-26(32)28(15-16-30(19-28)25(31)23-18-27(23)13-6-14-27)17-20-9-11-21(12-10-20)22-7-4-5-8-24(22)33-2/h4-5,7-12,23H,3,6,13-19H2,1-2H3,(H,29,32)/t23-,28-/m0/s1. The van der Waals surface area contributed by atoms with Crippen molar-refractivity contribution in [1.82, 2.24) is 10.2 Å². The lowest BCUT2D eigenvalue weighted by atomic mass is 9.79. The molecule has 3 aliphatic rings. The van der Waals surface area contributed by atoms with E-state index < -0.39 is 5.41 Å². The Hall–Kier alpha value is -2.82. The van der Waals surface area contributed by atoms with Gasteiger partial charge < -0.3 is 15.0 Å². The van der Waals surface area contributed by atoms with Gasteiger partial charge >= 0.3 is 0 Å². The number of carbonyl (C=O) groups is 2. The molecule has 5 rings (SSSR count). The van der Waals surface area contributed by atoms with Crippen LogP contribution in [-0.4, -0.2) is 43.5 Å². The third-order valence-electron chi connectivity index (χ3n) is 8.24. The molecule has 2 amide bonds. The molecular weight excluding hydrogens is 412 g/mol. The Kier molecular flexibility index (Phi) is 5.67. The van der Waals surface area contributed by atoms with E-state index >= 15 is 0 Å². The first kappa shape index (κ1) is 22.0. The second kappa shape index (κ2) is 8.51. The highest BCUT2D eigenvalue weighted by Gasteiger charge is 2.62. The highest BCUT2D eigenvalue weighted by atomic mass is 16.5. The molecule has 2 saturated carbocycles. The summed E-state index contributed by atoms with van der Waals surface area (Å²) in [7, 11) is 1.69. The molecule has 2 aliphatic carbocycles. The summed E-state index contributed by atoms with van der Waals surface area (Å²) in [5.74, 6) is 1.41. The van der Waals surface area contributed by atoms with Crippen LogP contribution in [0.25, 0.3) is 11.1 Å². The molecule has 1 heterocycles. The van der Waals surface area contributed by atoms with Crippen LogP contribution in [0, 0.1) is 16.7 Å². The van der Waals surface area contributed by atoms with Gasteiger partial charge in [-0.25, -0.2) is 0 Å². The van der Waals surface area contributed by atoms with E-state index in [0.717, 1.165) is 35.3 Å². The van der Waals surface area contributed by atoms with Crippen molar-refractivity contribution in [2.75, 3.05) is 26.7 Å². The van der Waals surface area contributed by atoms with Crippen molar-refractivity contribution in [2.24, 2.45) is 16.7 Å². The van der Waals surface area contributed by atoms with E-state index in [4.69, 9.17) is 4.74 Å². The number of hydrogen-bond donors (Lipinski definition) is 1. The first-order valence-corrected chi connectivity index (χ1v) is 12.3. The molecule has 0 unspecified atom stereocenters. The summed E-state index contributed by atoms with van der Waals surface area (Å²) < 4.78 is 5.51. The van der Waals surface area contributed by atoms with Gasteiger partial charge in [0.15, 0.2) is 0 Å². The molecule has 0 radical (unpaired) electrons. The van der Waals surface area contributed by atoms with Gasteiger partial charge in [-0.2, -0.15) is 0 Å². The van der Waals surface area contributed by atoms with E-state index in [-0.39, 0.29) is 17.7 Å². The molecule has 2 aromatic carbocycles. The highest BCUT2D eigenvalue weighted by molar-refractivity contribution is 5.87. The van der Waals surface area contributed by atoms with E-state index in [1.807, 2.05) is 30.0 Å². The van der Waals surface area contributed by atoms with Crippen LogP contribution >= 0.6 is 0 Å². The largest absolute Gasteiger partial charge is 0.496 e. The van der Waals surface area contributed by atoms with Gasteiger partial charge in [0.2, 0.25) is 11.8 Å². The van der Waals surface area contributed by atoms with Gasteiger partial charge in [-0.05, 0) is 61.6 Å². The van der Waals surface area contributed by atoms with Crippen LogP contribution in [-0.2, 0) is 16.0 Å². The molecule has 2 aromatic rings. The third-order valence-corrected chi connectivity index (χ3v) is 8.24. The fraction of sp³-hybridized carbons (Fsp3) is 0.500. The Morgan fingerprint density at radius 1 is 1.09 bits per heavy atom. The molecule has 2 atom stereocenters. The first-order valence-electron chi connectivity index (χ1n) is 12.3. The van der Waals surface area contributed by atoms with Gasteiger partial charge in [-0.15, -0.1) is 0 Å². The van der Waals surface area contributed by atoms with Crippen molar-refractivity contribution >= 4 is 11.8 Å². The molecule has 1 N–H and O–H groups in total. The summed E-state index contributed by atoms with van der Waals surface area (Å²) in [6.45, 7) is 3.77. The van der Waals surface area contributed by atoms with E-state index in [9.17, 15) is 9.59 Å². The number of likely N-dealkylation sites (tertiary alicyclic amines) is 1. The average Bonchev–Trinajstić information content (AvgIpc) is 3.46. The van der Waals surface area contributed by atoms with Crippen LogP contribution in [0.3, 0.4) is 0 Å². The van der Waals surface area contributed by atoms with Crippen molar-refractivity contribution in [2.45, 2.75) is 45.4 Å². The number of hydrogen-bond acceptors (Lipinski definition) is 3. The summed E-state index contributed by atoms with van der Waals surface area (Å²) in [4.78, 5) is 28.4. The number of carbonyl (C=O) groups excluding carboxylic acids is 2. The fourth-order valence-corrected chi connectivity index (χ4v) is 6.00. The van der Waals surface area contributed by atoms with Gasteiger partial charge in [0.1, 0.15) is 5.75 Å². The van der Waals surface area contributed by atoms with E-state index in [2.05, 4.69) is 35.6 Å². The van der Waals surface area contributed by atoms with Crippen LogP contribution in [0.15, 0.2) is 48.5 Å². The monoisotopic (exact) mass is 446 g/mol. The topological polar surface area (TPSA) is 58.6 Å². The zero-order chi connectivity index (χ0) is 23.1. The Morgan fingerprint density at radius 2 is 1.85 bits per heavy atom. The van der Waals surface area contributed by atoms with Crippen LogP contribution in [0.5, 0.6) is 5.75 Å². The molecule has 174 valence electrons. The number of nitrogens with zero attached hydrogens (tertiary/aromatic N) is 1. The lowest BCUT2D eigenvalue weighted by Gasteiger charge is -2.30. The number of ether oxygens (including phenoxy) is 1. The quantitative estimate of drug-likeness (QED) is 0.684. The second-order valence-electron chi connectivity index (χ2n) is 10.2. The van der Waals surface area contributed by atoms with Gasteiger partial charge in [-0.3, -0.25) is 9.59 Å². The van der Waals surface area contributed by atoms with Crippen LogP contribution in [0.4, 0.5) is 0 Å². The first-order chi connectivity index (χ1) is 16.0. The predicted octanol–water partition coefficient (Wildman–Crippen LogP) is 4.45. The molecule has 0 aromatic heterocycles. The summed E-state index contributed by atoms with van der Waals surface area (Å²) in [6, 6.07) is 16.4. The summed E-state index contributed by atoms with van der Waals surface area (Å²) in [5.41, 5.74) is 3.03. The molecule has 5 nitrogen and oxygen atoms in total. The minimum atomic E-state index is -0.556. The minimum Gasteiger partial charge on any atom is -0.496 e. The van der Waals surface area contributed by atoms with Gasteiger partial charge in [0.25, 0.3) is 0 Å². The van der Waals surface area contributed by atoms with Gasteiger partial charge in [0, 0.05) is 31.1 Å². The predicted molar refractivity (Wildman–Crippen MR) is 129 cm³/mol. The normalized spacial score (nSPS) is 24.9. The fourth-order valence-electron chi connectivity index (χ4n) is 6.00. The highest BCUT2D eigenvalue weighted by Crippen LogP contribution is 2.66. The molecule has 5 heteroatoms. The average molecular weight is 447 g/mol. The smallest absolute Gasteiger partial charge is 0.228 e. The lowest BCUT2D eigenvalue weighted by Crippen LogP contribution is -2.45. The Bertz CT molecular complexity index is 1040. The second-order valence-corrected chi connectivity index (χ2v) is 10.2. The Labute approximate surface area is 196 Å². The van der Waals surface area contributed by atoms with Gasteiger partial charge in [0.05, 0.1) is 12.5 Å². The molecule has 1 aliphatic heterocycles. The van der Waals surface area contributed by atoms with Crippen LogP contribution in [0.1, 0.15) is 44.6 Å². The zero-order valence-corrected chi connectivity index (χ0v) is 19.7. The SMILES string of the molecule is CCNC(=O)[C@]1(Cc2ccc(-c3ccccc3OC)cc2)CCN(C(=O)[C@@H]2CC23CCC3)C1. The van der Waals surface area contributed by atoms with Crippen molar-refractivity contribution in [3.05, 3.63) is 54.1 Å². The van der Waals surface area contributed by atoms with E-state index in [1.165, 1.54) is 19.3 Å². The lowest BCUT2D eigenvalue weighted by molar-refractivity contribution is -0.135. The van der Waals surface area contributed by atoms with Crippen LogP contribution in [0.2, 0.25) is 0 Å². The Morgan fingerprint density at radius 3 is 2.48 bits per heavy atom. The number of nitrogens with one attached hydrogen (secondary N) is 1. The summed E-state index contributed by atoms with van der Waals surface area (Å²) in [6.07, 6.45) is 6.09. The van der Waals surface area contributed by atoms with E-state index in [0.29, 0.717) is 31.5 Å². The minimum absolute atomic E-state index is 0.0725. The summed E-state index contributed by atoms with van der Waals surface area (Å²) >= 11 is 0. The molecule has 1 saturated heterocycles. The number of benzene rings is 2. The number of amides is 2. The summed E-state index contributed by atoms with van der Waals surface area (Å²) in [5, 5.41) is 3.05. The molecule has 33 heavy (non-hydrogen) atoms. The van der Waals surface area contributed by atoms with Crippen molar-refractivity contribution in [1.29, 1.82) is 0 Å². The number of para-hydroxylation sites is 1. The maximum Gasteiger partial charge on any atom is 0.228 e. The van der Waals surface area contributed by atoms with Crippen molar-refractivity contribution < 1.29 is 14.3 Å². The molecule has 1 spiro atoms. The van der Waals surface area contributed by atoms with Crippen molar-refractivity contribution in [3.63, 3.8) is 0 Å². The molecular formula is C28H34N2O3. The van der Waals surface area contributed by atoms with E-state index in [1.54, 1.807) is 7.11 Å². The molecule has 0 bridgehead atoms. The van der Waals surface area contributed by atoms with Gasteiger partial charge in [-0.1, -0.05) is 48.9 Å². The third kappa shape index (κ3) is 3.92. The maximum atomic E-state index is 13.2. The van der Waals surface area contributed by atoms with Crippen LogP contribution < -0.4 is 10.1 Å². The Balaban J connectivity index is 1.33. The number of rotatable bonds is 7. The number of methoxy groups -OCH3 is 1. The maximum absolute atomic E-state index is 13.2. The molecule has 3 fully saturated rings. The van der Waals surface area contributed by atoms with Crippen molar-refractivity contribution in [3.8, 4) is 16.9 Å². The zero-order valence-electron chi connectivity index (χ0n) is 19.7.